The molecule has 5 aromatic rings. The Morgan fingerprint density at radius 1 is 0.446 bits per heavy atom. The van der Waals surface area contributed by atoms with Gasteiger partial charge in [0.15, 0.2) is 11.6 Å². The van der Waals surface area contributed by atoms with Crippen LogP contribution in [-0.4, -0.2) is 67.4 Å². The van der Waals surface area contributed by atoms with Gasteiger partial charge >= 0.3 is 11.9 Å². The van der Waals surface area contributed by atoms with Crippen LogP contribution in [0.15, 0.2) is 162 Å². The predicted molar refractivity (Wildman–Crippen MR) is 248 cm³/mol. The molecule has 12 heteroatoms. The fourth-order valence-electron chi connectivity index (χ4n) is 6.96. The first kappa shape index (κ1) is 48.5. The van der Waals surface area contributed by atoms with Crippen molar-refractivity contribution in [3.05, 3.63) is 201 Å². The summed E-state index contributed by atoms with van der Waals surface area (Å²) >= 11 is 0. The van der Waals surface area contributed by atoms with Crippen molar-refractivity contribution >= 4 is 41.2 Å². The first-order valence-electron chi connectivity index (χ1n) is 21.6. The lowest BCUT2D eigenvalue weighted by molar-refractivity contribution is -0.364. The molecule has 0 radical (unpaired) electrons. The lowest BCUT2D eigenvalue weighted by Gasteiger charge is -2.08. The summed E-state index contributed by atoms with van der Waals surface area (Å²) in [4.78, 5) is 82.2. The molecule has 0 aliphatic heterocycles. The molecule has 0 spiro atoms. The third-order valence-electron chi connectivity index (χ3n) is 10.9. The summed E-state index contributed by atoms with van der Waals surface area (Å²) in [6, 6.07) is 40.8. The number of carbonyl (C=O) groups excluding carboxylic acids is 7. The first-order chi connectivity index (χ1) is 31.4. The molecule has 0 saturated carbocycles. The quantitative estimate of drug-likeness (QED) is 0.0543. The molecule has 2 aliphatic carbocycles. The second kappa shape index (κ2) is 24.9. The minimum absolute atomic E-state index is 0.0633. The Morgan fingerprint density at radius 3 is 1.09 bits per heavy atom. The normalized spacial score (nSPS) is 12.9. The predicted octanol–water partition coefficient (Wildman–Crippen LogP) is 6.63. The Bertz CT molecular complexity index is 2470. The van der Waals surface area contributed by atoms with Crippen LogP contribution in [0, 0.1) is 0 Å². The number of quaternary nitrogens is 1. The standard InChI is InChI=1S/C23H24N2O3.C16H20N2O2.C14H10O3/c1-16-20(11-12-21(16)26)15-17-7-9-19(10-8-17)23(28)25-14-13-24-22(27)18-5-3-2-4-6-18;1-11-14(6-7-15(11)19)10-12-2-4-13(5-3-12)16(20)18-9-8-17;15-13(11-7-3-1-4-8-11)17-14(16)12-9-5-2-6-10-12/h2-10H,11-15H2,1H3,(H,24,27)(H,25,28);2-5H,6-10,17H2,1H3,(H,18,20);1-10H/p+1. The van der Waals surface area contributed by atoms with E-state index in [-0.39, 0.29) is 29.3 Å². The topological polar surface area (TPSA) is 192 Å². The van der Waals surface area contributed by atoms with Crippen LogP contribution in [0.4, 0.5) is 0 Å². The summed E-state index contributed by atoms with van der Waals surface area (Å²) in [6.45, 7) is 5.79. The Balaban J connectivity index is 0.000000190. The number of rotatable bonds is 14. The third kappa shape index (κ3) is 15.0. The molecule has 2 aliphatic rings. The summed E-state index contributed by atoms with van der Waals surface area (Å²) in [5.41, 5.74) is 12.7. The Morgan fingerprint density at radius 2 is 0.769 bits per heavy atom. The SMILES string of the molecule is CC1=C(Cc2ccc(C(=O)NCCNC(=O)c3ccccc3)cc2)CCC1=O.CC1=C(Cc2ccc(C(=O)NCC[NH3+])cc2)CCC1=O.O=C(OC(=O)c1ccccc1)c1ccccc1. The summed E-state index contributed by atoms with van der Waals surface area (Å²) in [7, 11) is 0. The van der Waals surface area contributed by atoms with E-state index in [1.54, 1.807) is 84.9 Å². The van der Waals surface area contributed by atoms with Gasteiger partial charge in [0.1, 0.15) is 0 Å². The molecular formula is C53H55N4O8+. The zero-order valence-corrected chi connectivity index (χ0v) is 36.8. The highest BCUT2D eigenvalue weighted by Crippen LogP contribution is 2.27. The number of Topliss-reactive ketones (excluding diaryl/α,β-unsaturated/α-hetero) is 2. The lowest BCUT2D eigenvalue weighted by Crippen LogP contribution is -2.54. The van der Waals surface area contributed by atoms with Gasteiger partial charge in [-0.25, -0.2) is 9.59 Å². The zero-order chi connectivity index (χ0) is 46.6. The number of hydrogen-bond donors (Lipinski definition) is 4. The number of ketones is 2. The molecule has 0 saturated heterocycles. The molecule has 12 nitrogen and oxygen atoms in total. The van der Waals surface area contributed by atoms with Gasteiger partial charge in [0.2, 0.25) is 0 Å². The van der Waals surface area contributed by atoms with Crippen molar-refractivity contribution < 1.29 is 44.0 Å². The fraction of sp³-hybridized carbons (Fsp3) is 0.226. The molecule has 334 valence electrons. The van der Waals surface area contributed by atoms with Crippen LogP contribution in [-0.2, 0) is 27.2 Å². The Labute approximate surface area is 379 Å². The van der Waals surface area contributed by atoms with Gasteiger partial charge in [-0.15, -0.1) is 0 Å². The largest absolute Gasteiger partial charge is 0.386 e. The Hall–Kier alpha value is -7.57. The number of allylic oxidation sites excluding steroid dienone is 4. The zero-order valence-electron chi connectivity index (χ0n) is 36.8. The van der Waals surface area contributed by atoms with Crippen molar-refractivity contribution in [2.24, 2.45) is 0 Å². The molecule has 5 aromatic carbocycles. The summed E-state index contributed by atoms with van der Waals surface area (Å²) in [6.07, 6.45) is 4.52. The molecule has 0 fully saturated rings. The fourth-order valence-corrected chi connectivity index (χ4v) is 6.96. The van der Waals surface area contributed by atoms with E-state index >= 15 is 0 Å². The maximum atomic E-state index is 12.2. The van der Waals surface area contributed by atoms with Crippen molar-refractivity contribution in [3.8, 4) is 0 Å². The number of carbonyl (C=O) groups is 7. The molecule has 6 N–H and O–H groups in total. The second-order valence-corrected chi connectivity index (χ2v) is 15.4. The van der Waals surface area contributed by atoms with Gasteiger partial charge in [-0.3, -0.25) is 24.0 Å². The number of benzene rings is 5. The van der Waals surface area contributed by atoms with Crippen molar-refractivity contribution in [3.63, 3.8) is 0 Å². The smallest absolute Gasteiger partial charge is 0.346 e. The second-order valence-electron chi connectivity index (χ2n) is 15.4. The number of ether oxygens (including phenoxy) is 1. The van der Waals surface area contributed by atoms with E-state index in [4.69, 9.17) is 4.74 Å². The van der Waals surface area contributed by atoms with E-state index in [0.29, 0.717) is 66.8 Å². The molecule has 0 unspecified atom stereocenters. The molecule has 0 heterocycles. The summed E-state index contributed by atoms with van der Waals surface area (Å²) in [5, 5.41) is 8.38. The van der Waals surface area contributed by atoms with Gasteiger partial charge in [0.05, 0.1) is 24.2 Å². The maximum Gasteiger partial charge on any atom is 0.346 e. The van der Waals surface area contributed by atoms with Crippen molar-refractivity contribution in [1.29, 1.82) is 0 Å². The number of nitrogens with one attached hydrogen (secondary N) is 3. The van der Waals surface area contributed by atoms with Crippen LogP contribution < -0.4 is 21.7 Å². The van der Waals surface area contributed by atoms with E-state index in [0.717, 1.165) is 48.0 Å². The van der Waals surface area contributed by atoms with Gasteiger partial charge < -0.3 is 26.4 Å². The highest BCUT2D eigenvalue weighted by atomic mass is 16.6. The summed E-state index contributed by atoms with van der Waals surface area (Å²) in [5.74, 6) is -1.17. The minimum Gasteiger partial charge on any atom is -0.386 e. The van der Waals surface area contributed by atoms with E-state index < -0.39 is 11.9 Å². The van der Waals surface area contributed by atoms with Crippen LogP contribution >= 0.6 is 0 Å². The van der Waals surface area contributed by atoms with Crippen LogP contribution in [0.5, 0.6) is 0 Å². The monoisotopic (exact) mass is 875 g/mol. The molecule has 7 rings (SSSR count). The van der Waals surface area contributed by atoms with Gasteiger partial charge in [-0.2, -0.15) is 0 Å². The van der Waals surface area contributed by atoms with Crippen LogP contribution in [0.25, 0.3) is 0 Å². The molecular weight excluding hydrogens is 821 g/mol. The lowest BCUT2D eigenvalue weighted by atomic mass is 10.0. The number of hydrogen-bond acceptors (Lipinski definition) is 8. The van der Waals surface area contributed by atoms with Gasteiger partial charge in [-0.1, -0.05) is 90.0 Å². The van der Waals surface area contributed by atoms with Gasteiger partial charge in [0.25, 0.3) is 17.7 Å². The van der Waals surface area contributed by atoms with Crippen LogP contribution in [0.2, 0.25) is 0 Å². The number of esters is 2. The average Bonchev–Trinajstić information content (AvgIpc) is 3.84. The minimum atomic E-state index is -0.639. The highest BCUT2D eigenvalue weighted by molar-refractivity contribution is 6.02. The van der Waals surface area contributed by atoms with E-state index in [1.165, 1.54) is 11.1 Å². The third-order valence-corrected chi connectivity index (χ3v) is 10.9. The van der Waals surface area contributed by atoms with Crippen LogP contribution in [0.3, 0.4) is 0 Å². The van der Waals surface area contributed by atoms with E-state index in [1.807, 2.05) is 68.4 Å². The van der Waals surface area contributed by atoms with Crippen molar-refractivity contribution in [2.45, 2.75) is 52.4 Å². The van der Waals surface area contributed by atoms with Crippen LogP contribution in [0.1, 0.15) is 102 Å². The average molecular weight is 876 g/mol. The van der Waals surface area contributed by atoms with E-state index in [9.17, 15) is 33.6 Å². The molecule has 0 aromatic heterocycles. The molecule has 65 heavy (non-hydrogen) atoms. The summed E-state index contributed by atoms with van der Waals surface area (Å²) < 4.78 is 4.74. The maximum absolute atomic E-state index is 12.2. The molecule has 0 atom stereocenters. The molecule has 0 bridgehead atoms. The first-order valence-corrected chi connectivity index (χ1v) is 21.6. The van der Waals surface area contributed by atoms with E-state index in [2.05, 4.69) is 21.7 Å². The van der Waals surface area contributed by atoms with Crippen molar-refractivity contribution in [1.82, 2.24) is 16.0 Å². The van der Waals surface area contributed by atoms with Gasteiger partial charge in [0, 0.05) is 42.6 Å². The van der Waals surface area contributed by atoms with Gasteiger partial charge in [-0.05, 0) is 122 Å². The highest BCUT2D eigenvalue weighted by Gasteiger charge is 2.20. The number of amides is 3. The molecule has 3 amide bonds. The van der Waals surface area contributed by atoms with Crippen molar-refractivity contribution in [2.75, 3.05) is 26.2 Å². The Kier molecular flexibility index (Phi) is 18.6.